The summed E-state index contributed by atoms with van der Waals surface area (Å²) in [5, 5.41) is 0. The lowest BCUT2D eigenvalue weighted by atomic mass is 9.93. The molecular formula is C35H43FO5. The van der Waals surface area contributed by atoms with Crippen molar-refractivity contribution < 1.29 is 28.5 Å². The van der Waals surface area contributed by atoms with Gasteiger partial charge in [-0.3, -0.25) is 4.89 Å². The van der Waals surface area contributed by atoms with Gasteiger partial charge in [0.2, 0.25) is 5.67 Å². The van der Waals surface area contributed by atoms with Gasteiger partial charge in [0.1, 0.15) is 5.75 Å². The first-order valence-corrected chi connectivity index (χ1v) is 14.9. The Kier molecular flexibility index (Phi) is 13.0. The average molecular weight is 563 g/mol. The minimum absolute atomic E-state index is 0.129. The Morgan fingerprint density at radius 1 is 0.732 bits per heavy atom. The molecule has 1 atom stereocenters. The molecule has 3 aromatic carbocycles. The van der Waals surface area contributed by atoms with Crippen LogP contribution in [0.4, 0.5) is 4.39 Å². The molecular weight excluding hydrogens is 519 g/mol. The highest BCUT2D eigenvalue weighted by atomic mass is 19.1. The van der Waals surface area contributed by atoms with Crippen molar-refractivity contribution in [3.8, 4) is 28.0 Å². The maximum absolute atomic E-state index is 14.9. The summed E-state index contributed by atoms with van der Waals surface area (Å²) in [7, 11) is 0. The molecule has 3 rings (SSSR count). The molecule has 5 nitrogen and oxygen atoms in total. The van der Waals surface area contributed by atoms with E-state index in [0.717, 1.165) is 54.4 Å². The van der Waals surface area contributed by atoms with Crippen LogP contribution in [0.25, 0.3) is 22.3 Å². The molecule has 41 heavy (non-hydrogen) atoms. The Bertz CT molecular complexity index is 1220. The normalized spacial score (nSPS) is 12.5. The lowest BCUT2D eigenvalue weighted by Crippen LogP contribution is -2.34. The van der Waals surface area contributed by atoms with Gasteiger partial charge in [-0.2, -0.15) is 4.89 Å². The van der Waals surface area contributed by atoms with Crippen molar-refractivity contribution in [2.75, 3.05) is 6.61 Å². The first kappa shape index (κ1) is 32.0. The van der Waals surface area contributed by atoms with Crippen molar-refractivity contribution in [2.24, 2.45) is 0 Å². The Morgan fingerprint density at radius 3 is 2.07 bits per heavy atom. The van der Waals surface area contributed by atoms with Gasteiger partial charge < -0.3 is 4.74 Å². The zero-order chi connectivity index (χ0) is 29.5. The number of carbonyl (C=O) groups is 2. The van der Waals surface area contributed by atoms with E-state index in [9.17, 15) is 14.0 Å². The van der Waals surface area contributed by atoms with Gasteiger partial charge in [0.15, 0.2) is 0 Å². The Labute approximate surface area is 244 Å². The molecule has 3 aromatic rings. The summed E-state index contributed by atoms with van der Waals surface area (Å²) in [4.78, 5) is 35.5. The van der Waals surface area contributed by atoms with Gasteiger partial charge >= 0.3 is 11.9 Å². The Morgan fingerprint density at radius 2 is 1.37 bits per heavy atom. The van der Waals surface area contributed by atoms with Crippen LogP contribution < -0.4 is 4.74 Å². The van der Waals surface area contributed by atoms with E-state index in [0.29, 0.717) is 18.6 Å². The van der Waals surface area contributed by atoms with E-state index in [-0.39, 0.29) is 12.2 Å². The fraction of sp³-hybridized carbons (Fsp3) is 0.429. The minimum Gasteiger partial charge on any atom is -0.424 e. The monoisotopic (exact) mass is 562 g/mol. The van der Waals surface area contributed by atoms with E-state index in [1.54, 1.807) is 36.4 Å². The quantitative estimate of drug-likeness (QED) is 0.0539. The topological polar surface area (TPSA) is 61.8 Å². The lowest BCUT2D eigenvalue weighted by Gasteiger charge is -2.18. The maximum Gasteiger partial charge on any atom is 0.373 e. The average Bonchev–Trinajstić information content (AvgIpc) is 2.99. The van der Waals surface area contributed by atoms with Crippen LogP contribution in [0.3, 0.4) is 0 Å². The molecule has 0 radical (unpaired) electrons. The van der Waals surface area contributed by atoms with Gasteiger partial charge in [0.05, 0.1) is 12.2 Å². The molecule has 0 aromatic heterocycles. The van der Waals surface area contributed by atoms with Crippen LogP contribution in [-0.4, -0.2) is 24.2 Å². The summed E-state index contributed by atoms with van der Waals surface area (Å²) in [6, 6.07) is 22.1. The Hall–Kier alpha value is -3.51. The van der Waals surface area contributed by atoms with Gasteiger partial charge in [-0.15, -0.1) is 0 Å². The molecule has 0 aliphatic carbocycles. The van der Waals surface area contributed by atoms with Crippen LogP contribution in [0.1, 0.15) is 95.3 Å². The third kappa shape index (κ3) is 10.1. The molecule has 0 saturated carbocycles. The fourth-order valence-corrected chi connectivity index (χ4v) is 4.59. The molecule has 0 N–H and O–H groups in total. The SMILES string of the molecule is CCCCCCCCOOC(=O)c1ccc(-c2ccccc2)c(-c2ccc(OC(=O)C(C)(F)CCCCC)cc2)c1. The number of halogens is 1. The number of alkyl halides is 1. The third-order valence-corrected chi connectivity index (χ3v) is 7.11. The zero-order valence-corrected chi connectivity index (χ0v) is 24.6. The standard InChI is InChI=1S/C35H43FO5/c1-4-6-8-9-10-15-25-39-41-33(37)29-20-23-31(27-16-12-11-13-17-27)32(26-29)28-18-21-30(22-19-28)40-34(38)35(3,36)24-14-7-5-2/h11-13,16-23,26H,4-10,14-15,24-25H2,1-3H3. The summed E-state index contributed by atoms with van der Waals surface area (Å²) in [5.41, 5.74) is 1.83. The number of carbonyl (C=O) groups excluding carboxylic acids is 2. The van der Waals surface area contributed by atoms with E-state index >= 15 is 0 Å². The van der Waals surface area contributed by atoms with E-state index in [4.69, 9.17) is 14.5 Å². The van der Waals surface area contributed by atoms with Crippen molar-refractivity contribution in [2.45, 2.75) is 90.6 Å². The number of rotatable bonds is 17. The molecule has 0 aliphatic heterocycles. The lowest BCUT2D eigenvalue weighted by molar-refractivity contribution is -0.241. The zero-order valence-electron chi connectivity index (χ0n) is 24.6. The van der Waals surface area contributed by atoms with Crippen LogP contribution in [0, 0.1) is 0 Å². The third-order valence-electron chi connectivity index (χ3n) is 7.11. The van der Waals surface area contributed by atoms with E-state index in [2.05, 4.69) is 6.92 Å². The van der Waals surface area contributed by atoms with Crippen LogP contribution in [0.5, 0.6) is 5.75 Å². The van der Waals surface area contributed by atoms with Crippen LogP contribution in [0.15, 0.2) is 72.8 Å². The van der Waals surface area contributed by atoms with Crippen molar-refractivity contribution in [3.05, 3.63) is 78.4 Å². The van der Waals surface area contributed by atoms with Gasteiger partial charge in [0, 0.05) is 0 Å². The number of benzene rings is 3. The van der Waals surface area contributed by atoms with Crippen molar-refractivity contribution in [3.63, 3.8) is 0 Å². The highest BCUT2D eigenvalue weighted by Crippen LogP contribution is 2.34. The van der Waals surface area contributed by atoms with Crippen molar-refractivity contribution in [1.29, 1.82) is 0 Å². The predicted octanol–water partition coefficient (Wildman–Crippen LogP) is 9.68. The minimum atomic E-state index is -2.04. The summed E-state index contributed by atoms with van der Waals surface area (Å²) in [6.07, 6.45) is 9.26. The molecule has 0 aliphatic rings. The molecule has 0 heterocycles. The number of hydrogen-bond acceptors (Lipinski definition) is 5. The van der Waals surface area contributed by atoms with E-state index < -0.39 is 17.6 Å². The molecule has 6 heteroatoms. The highest BCUT2D eigenvalue weighted by Gasteiger charge is 2.34. The van der Waals surface area contributed by atoms with Gasteiger partial charge in [-0.25, -0.2) is 14.0 Å². The summed E-state index contributed by atoms with van der Waals surface area (Å²) >= 11 is 0. The summed E-state index contributed by atoms with van der Waals surface area (Å²) in [6.45, 7) is 5.85. The molecule has 0 spiro atoms. The van der Waals surface area contributed by atoms with Crippen molar-refractivity contribution in [1.82, 2.24) is 0 Å². The number of unbranched alkanes of at least 4 members (excludes halogenated alkanes) is 7. The van der Waals surface area contributed by atoms with Crippen LogP contribution in [-0.2, 0) is 14.6 Å². The second-order valence-electron chi connectivity index (χ2n) is 10.7. The van der Waals surface area contributed by atoms with E-state index in [1.807, 2.05) is 43.3 Å². The van der Waals surface area contributed by atoms with Crippen molar-refractivity contribution >= 4 is 11.9 Å². The first-order valence-electron chi connectivity index (χ1n) is 14.9. The molecule has 0 amide bonds. The fourth-order valence-electron chi connectivity index (χ4n) is 4.59. The number of esters is 1. The molecule has 0 saturated heterocycles. The van der Waals surface area contributed by atoms with Gasteiger partial charge in [0.25, 0.3) is 0 Å². The smallest absolute Gasteiger partial charge is 0.373 e. The van der Waals surface area contributed by atoms with Gasteiger partial charge in [-0.05, 0) is 72.7 Å². The summed E-state index contributed by atoms with van der Waals surface area (Å²) < 4.78 is 20.2. The summed E-state index contributed by atoms with van der Waals surface area (Å²) in [5.74, 6) is -1.19. The van der Waals surface area contributed by atoms with Crippen LogP contribution in [0.2, 0.25) is 0 Å². The number of hydrogen-bond donors (Lipinski definition) is 0. The molecule has 0 fully saturated rings. The highest BCUT2D eigenvalue weighted by molar-refractivity contribution is 5.94. The van der Waals surface area contributed by atoms with Crippen LogP contribution >= 0.6 is 0 Å². The molecule has 1 unspecified atom stereocenters. The first-order chi connectivity index (χ1) is 19.9. The molecule has 220 valence electrons. The van der Waals surface area contributed by atoms with E-state index in [1.165, 1.54) is 26.2 Å². The largest absolute Gasteiger partial charge is 0.424 e. The van der Waals surface area contributed by atoms with Gasteiger partial charge in [-0.1, -0.05) is 107 Å². The second-order valence-corrected chi connectivity index (χ2v) is 10.7. The molecule has 0 bridgehead atoms. The Balaban J connectivity index is 1.72. The predicted molar refractivity (Wildman–Crippen MR) is 161 cm³/mol. The maximum atomic E-state index is 14.9. The second kappa shape index (κ2) is 16.7. The number of ether oxygens (including phenoxy) is 1.